The van der Waals surface area contributed by atoms with Crippen molar-refractivity contribution in [3.63, 3.8) is 0 Å². The van der Waals surface area contributed by atoms with E-state index in [1.165, 1.54) is 0 Å². The molecule has 0 unspecified atom stereocenters. The summed E-state index contributed by atoms with van der Waals surface area (Å²) < 4.78 is 0. The molecule has 1 aromatic carbocycles. The molecule has 0 atom stereocenters. The molecule has 2 aromatic rings. The number of rotatable bonds is 1. The second kappa shape index (κ2) is 2.62. The van der Waals surface area contributed by atoms with E-state index >= 15 is 0 Å². The Labute approximate surface area is 69.3 Å². The van der Waals surface area contributed by atoms with Crippen molar-refractivity contribution in [1.29, 1.82) is 0 Å². The Morgan fingerprint density at radius 1 is 1.17 bits per heavy atom. The van der Waals surface area contributed by atoms with Crippen molar-refractivity contribution in [2.75, 3.05) is 0 Å². The van der Waals surface area contributed by atoms with Crippen LogP contribution >= 0.6 is 0 Å². The van der Waals surface area contributed by atoms with Crippen molar-refractivity contribution in [2.45, 2.75) is 6.29 Å². The fraction of sp³-hybridized carbons (Fsp3) is 0.111. The predicted molar refractivity (Wildman–Crippen MR) is 45.5 cm³/mol. The lowest BCUT2D eigenvalue weighted by atomic mass is 10.1. The summed E-state index contributed by atoms with van der Waals surface area (Å²) in [6.07, 6.45) is 0.427. The van der Waals surface area contributed by atoms with E-state index in [4.69, 9.17) is 10.2 Å². The molecule has 3 nitrogen and oxygen atoms in total. The average Bonchev–Trinajstić information content (AvgIpc) is 2.49. The van der Waals surface area contributed by atoms with E-state index in [9.17, 15) is 0 Å². The summed E-state index contributed by atoms with van der Waals surface area (Å²) in [5, 5.41) is 18.8. The van der Waals surface area contributed by atoms with Gasteiger partial charge in [0.1, 0.15) is 0 Å². The van der Waals surface area contributed by atoms with Crippen molar-refractivity contribution >= 4 is 10.9 Å². The Balaban J connectivity index is 2.60. The number of hydrogen-bond donors (Lipinski definition) is 3. The molecule has 0 aliphatic heterocycles. The van der Waals surface area contributed by atoms with Crippen LogP contribution in [0.5, 0.6) is 0 Å². The van der Waals surface area contributed by atoms with Gasteiger partial charge in [0.15, 0.2) is 6.29 Å². The van der Waals surface area contributed by atoms with E-state index in [-0.39, 0.29) is 0 Å². The molecule has 0 aliphatic carbocycles. The summed E-state index contributed by atoms with van der Waals surface area (Å²) >= 11 is 0. The number of aliphatic hydroxyl groups is 2. The molecule has 0 aliphatic rings. The average molecular weight is 163 g/mol. The van der Waals surface area contributed by atoms with E-state index < -0.39 is 6.29 Å². The maximum absolute atomic E-state index is 8.86. The highest BCUT2D eigenvalue weighted by Gasteiger charge is 2.02. The largest absolute Gasteiger partial charge is 0.364 e. The maximum atomic E-state index is 8.86. The molecule has 12 heavy (non-hydrogen) atoms. The van der Waals surface area contributed by atoms with Gasteiger partial charge < -0.3 is 15.2 Å². The molecule has 1 heterocycles. The van der Waals surface area contributed by atoms with Gasteiger partial charge in [-0.2, -0.15) is 0 Å². The summed E-state index contributed by atoms with van der Waals surface area (Å²) in [7, 11) is 0. The van der Waals surface area contributed by atoms with Gasteiger partial charge in [0.05, 0.1) is 0 Å². The van der Waals surface area contributed by atoms with Crippen LogP contribution in [0.4, 0.5) is 0 Å². The summed E-state index contributed by atoms with van der Waals surface area (Å²) in [5.41, 5.74) is 1.42. The normalized spacial score (nSPS) is 11.2. The first-order valence-electron chi connectivity index (χ1n) is 3.70. The summed E-state index contributed by atoms with van der Waals surface area (Å²) in [5.74, 6) is 0. The Morgan fingerprint density at radius 2 is 2.00 bits per heavy atom. The zero-order valence-electron chi connectivity index (χ0n) is 6.36. The molecule has 2 rings (SSSR count). The first-order chi connectivity index (χ1) is 5.77. The van der Waals surface area contributed by atoms with Gasteiger partial charge in [0, 0.05) is 17.3 Å². The van der Waals surface area contributed by atoms with Crippen LogP contribution in [0.15, 0.2) is 30.5 Å². The number of aromatic nitrogens is 1. The van der Waals surface area contributed by atoms with Gasteiger partial charge in [0.2, 0.25) is 0 Å². The summed E-state index contributed by atoms with van der Waals surface area (Å²) in [6.45, 7) is 0. The molecule has 3 heteroatoms. The van der Waals surface area contributed by atoms with Gasteiger partial charge in [-0.05, 0) is 17.5 Å². The van der Waals surface area contributed by atoms with E-state index in [0.29, 0.717) is 5.56 Å². The third kappa shape index (κ3) is 1.09. The summed E-state index contributed by atoms with van der Waals surface area (Å²) in [6, 6.07) is 7.20. The molecule has 0 radical (unpaired) electrons. The topological polar surface area (TPSA) is 56.2 Å². The molecule has 0 saturated heterocycles. The maximum Gasteiger partial charge on any atom is 0.178 e. The summed E-state index contributed by atoms with van der Waals surface area (Å²) in [4.78, 5) is 2.99. The van der Waals surface area contributed by atoms with Crippen LogP contribution in [0.3, 0.4) is 0 Å². The van der Waals surface area contributed by atoms with Crippen LogP contribution in [0.2, 0.25) is 0 Å². The van der Waals surface area contributed by atoms with E-state index in [1.54, 1.807) is 12.1 Å². The molecular formula is C9H9NO2. The van der Waals surface area contributed by atoms with Crippen LogP contribution in [0.1, 0.15) is 11.9 Å². The second-order valence-electron chi connectivity index (χ2n) is 2.70. The van der Waals surface area contributed by atoms with Crippen LogP contribution in [-0.4, -0.2) is 15.2 Å². The lowest BCUT2D eigenvalue weighted by Crippen LogP contribution is -1.93. The first kappa shape index (κ1) is 7.34. The second-order valence-corrected chi connectivity index (χ2v) is 2.70. The third-order valence-corrected chi connectivity index (χ3v) is 1.88. The fourth-order valence-corrected chi connectivity index (χ4v) is 1.23. The van der Waals surface area contributed by atoms with Crippen LogP contribution in [0.25, 0.3) is 10.9 Å². The molecule has 1 aromatic heterocycles. The zero-order chi connectivity index (χ0) is 8.55. The van der Waals surface area contributed by atoms with Crippen LogP contribution in [0, 0.1) is 0 Å². The fourth-order valence-electron chi connectivity index (χ4n) is 1.23. The Morgan fingerprint density at radius 3 is 2.75 bits per heavy atom. The molecular weight excluding hydrogens is 154 g/mol. The number of hydrogen-bond acceptors (Lipinski definition) is 2. The van der Waals surface area contributed by atoms with Crippen molar-refractivity contribution in [2.24, 2.45) is 0 Å². The van der Waals surface area contributed by atoms with Crippen LogP contribution in [-0.2, 0) is 0 Å². The number of fused-ring (bicyclic) bond motifs is 1. The molecule has 0 saturated carbocycles. The number of aliphatic hydroxyl groups excluding tert-OH is 1. The van der Waals surface area contributed by atoms with Crippen molar-refractivity contribution in [3.8, 4) is 0 Å². The SMILES string of the molecule is OC(O)c1ccc2cc[nH]c2c1. The van der Waals surface area contributed by atoms with Gasteiger partial charge in [-0.25, -0.2) is 0 Å². The Bertz CT molecular complexity index is 392. The number of H-pyrrole nitrogens is 1. The minimum Gasteiger partial charge on any atom is -0.364 e. The molecule has 3 N–H and O–H groups in total. The number of benzene rings is 1. The highest BCUT2D eigenvalue weighted by Crippen LogP contribution is 2.17. The lowest BCUT2D eigenvalue weighted by Gasteiger charge is -2.02. The first-order valence-corrected chi connectivity index (χ1v) is 3.70. The molecule has 0 bridgehead atoms. The lowest BCUT2D eigenvalue weighted by molar-refractivity contribution is -0.0423. The van der Waals surface area contributed by atoms with Gasteiger partial charge in [-0.3, -0.25) is 0 Å². The van der Waals surface area contributed by atoms with E-state index in [0.717, 1.165) is 10.9 Å². The van der Waals surface area contributed by atoms with Crippen molar-refractivity contribution < 1.29 is 10.2 Å². The monoisotopic (exact) mass is 163 g/mol. The molecule has 0 fully saturated rings. The van der Waals surface area contributed by atoms with Crippen molar-refractivity contribution in [3.05, 3.63) is 36.0 Å². The van der Waals surface area contributed by atoms with Gasteiger partial charge in [-0.15, -0.1) is 0 Å². The van der Waals surface area contributed by atoms with Gasteiger partial charge >= 0.3 is 0 Å². The van der Waals surface area contributed by atoms with Crippen LogP contribution < -0.4 is 0 Å². The number of nitrogens with one attached hydrogen (secondary N) is 1. The Kier molecular flexibility index (Phi) is 1.60. The molecule has 0 amide bonds. The van der Waals surface area contributed by atoms with E-state index in [1.807, 2.05) is 18.3 Å². The Hall–Kier alpha value is -1.32. The minimum atomic E-state index is -1.39. The standard InChI is InChI=1S/C9H9NO2/c11-9(12)7-2-1-6-3-4-10-8(6)5-7/h1-5,9-12H. The highest BCUT2D eigenvalue weighted by molar-refractivity contribution is 5.79. The van der Waals surface area contributed by atoms with Gasteiger partial charge in [0.25, 0.3) is 0 Å². The minimum absolute atomic E-state index is 0.505. The molecule has 62 valence electrons. The van der Waals surface area contributed by atoms with Gasteiger partial charge in [-0.1, -0.05) is 12.1 Å². The smallest absolute Gasteiger partial charge is 0.178 e. The quantitative estimate of drug-likeness (QED) is 0.552. The molecule has 0 spiro atoms. The third-order valence-electron chi connectivity index (χ3n) is 1.88. The number of aromatic amines is 1. The highest BCUT2D eigenvalue weighted by atomic mass is 16.5. The zero-order valence-corrected chi connectivity index (χ0v) is 6.36. The predicted octanol–water partition coefficient (Wildman–Crippen LogP) is 1.15. The van der Waals surface area contributed by atoms with Crippen molar-refractivity contribution in [1.82, 2.24) is 4.98 Å². The van der Waals surface area contributed by atoms with E-state index in [2.05, 4.69) is 4.98 Å².